The Morgan fingerprint density at radius 2 is 1.73 bits per heavy atom. The van der Waals surface area contributed by atoms with Crippen LogP contribution in [0, 0.1) is 10.1 Å². The van der Waals surface area contributed by atoms with E-state index in [2.05, 4.69) is 5.32 Å². The molecular weight excluding hydrogens is 430 g/mol. The van der Waals surface area contributed by atoms with Gasteiger partial charge in [-0.1, -0.05) is 35.9 Å². The van der Waals surface area contributed by atoms with Crippen LogP contribution < -0.4 is 9.62 Å². The summed E-state index contributed by atoms with van der Waals surface area (Å²) >= 11 is 5.98. The molecule has 0 saturated heterocycles. The van der Waals surface area contributed by atoms with E-state index in [1.54, 1.807) is 30.3 Å². The number of nitrogens with zero attached hydrogens (tertiary/aromatic N) is 2. The third-order valence-corrected chi connectivity index (χ3v) is 6.37. The van der Waals surface area contributed by atoms with Gasteiger partial charge in [0.2, 0.25) is 0 Å². The molecule has 1 amide bonds. The Kier molecular flexibility index (Phi) is 6.04. The van der Waals surface area contributed by atoms with Gasteiger partial charge in [0.15, 0.2) is 0 Å². The lowest BCUT2D eigenvalue weighted by Crippen LogP contribution is -2.26. The molecule has 0 aliphatic carbocycles. The number of halogens is 1. The summed E-state index contributed by atoms with van der Waals surface area (Å²) in [6, 6.07) is 17.8. The van der Waals surface area contributed by atoms with Gasteiger partial charge in [0.25, 0.3) is 21.6 Å². The molecule has 3 aromatic carbocycles. The molecule has 0 saturated carbocycles. The van der Waals surface area contributed by atoms with Crippen LogP contribution in [0.3, 0.4) is 0 Å². The highest BCUT2D eigenvalue weighted by Gasteiger charge is 2.22. The van der Waals surface area contributed by atoms with Gasteiger partial charge in [0.05, 0.1) is 26.1 Å². The molecular formula is C20H16ClN3O5S. The fraction of sp³-hybridized carbons (Fsp3) is 0.0500. The minimum atomic E-state index is -3.86. The van der Waals surface area contributed by atoms with Gasteiger partial charge in [-0.25, -0.2) is 8.42 Å². The molecule has 154 valence electrons. The molecule has 0 aromatic heterocycles. The van der Waals surface area contributed by atoms with Crippen LogP contribution in [0.1, 0.15) is 10.4 Å². The van der Waals surface area contributed by atoms with Crippen molar-refractivity contribution in [3.63, 3.8) is 0 Å². The Morgan fingerprint density at radius 1 is 1.03 bits per heavy atom. The van der Waals surface area contributed by atoms with Gasteiger partial charge in [0.1, 0.15) is 0 Å². The maximum absolute atomic E-state index is 12.9. The van der Waals surface area contributed by atoms with Crippen molar-refractivity contribution < 1.29 is 18.1 Å². The van der Waals surface area contributed by atoms with Gasteiger partial charge < -0.3 is 5.32 Å². The molecule has 3 rings (SSSR count). The fourth-order valence-corrected chi connectivity index (χ4v) is 4.17. The number of para-hydroxylation sites is 1. The van der Waals surface area contributed by atoms with E-state index in [1.807, 2.05) is 0 Å². The zero-order valence-electron chi connectivity index (χ0n) is 15.7. The van der Waals surface area contributed by atoms with E-state index in [9.17, 15) is 23.3 Å². The van der Waals surface area contributed by atoms with Crippen LogP contribution in [0.4, 0.5) is 17.1 Å². The van der Waals surface area contributed by atoms with Crippen molar-refractivity contribution in [2.24, 2.45) is 0 Å². The highest BCUT2D eigenvalue weighted by Crippen LogP contribution is 2.26. The number of sulfonamides is 1. The number of hydrogen-bond donors (Lipinski definition) is 1. The molecule has 0 atom stereocenters. The minimum absolute atomic E-state index is 0.0125. The Bertz CT molecular complexity index is 1220. The van der Waals surface area contributed by atoms with E-state index in [-0.39, 0.29) is 26.9 Å². The molecule has 3 aromatic rings. The second-order valence-corrected chi connectivity index (χ2v) is 8.59. The number of non-ortho nitro benzene ring substituents is 1. The molecule has 0 heterocycles. The van der Waals surface area contributed by atoms with Gasteiger partial charge in [0, 0.05) is 24.9 Å². The zero-order chi connectivity index (χ0) is 21.9. The number of carbonyl (C=O) groups excluding carboxylic acids is 1. The number of nitrogens with one attached hydrogen (secondary N) is 1. The number of anilines is 2. The summed E-state index contributed by atoms with van der Waals surface area (Å²) in [6.45, 7) is 0. The van der Waals surface area contributed by atoms with Gasteiger partial charge in [-0.05, 0) is 36.4 Å². The quantitative estimate of drug-likeness (QED) is 0.448. The predicted octanol–water partition coefficient (Wildman–Crippen LogP) is 4.33. The summed E-state index contributed by atoms with van der Waals surface area (Å²) in [5, 5.41) is 13.3. The molecule has 10 heteroatoms. The van der Waals surface area contributed by atoms with Crippen LogP contribution >= 0.6 is 11.6 Å². The Balaban J connectivity index is 1.85. The molecule has 0 aliphatic rings. The van der Waals surface area contributed by atoms with Crippen molar-refractivity contribution >= 4 is 44.6 Å². The molecule has 0 fully saturated rings. The van der Waals surface area contributed by atoms with Gasteiger partial charge in [-0.15, -0.1) is 0 Å². The summed E-state index contributed by atoms with van der Waals surface area (Å²) < 4.78 is 27.0. The Morgan fingerprint density at radius 3 is 2.37 bits per heavy atom. The van der Waals surface area contributed by atoms with E-state index >= 15 is 0 Å². The molecule has 30 heavy (non-hydrogen) atoms. The van der Waals surface area contributed by atoms with Crippen LogP contribution in [-0.2, 0) is 10.0 Å². The summed E-state index contributed by atoms with van der Waals surface area (Å²) in [7, 11) is -2.42. The smallest absolute Gasteiger partial charge is 0.270 e. The summed E-state index contributed by atoms with van der Waals surface area (Å²) in [5.41, 5.74) is 0.507. The predicted molar refractivity (Wildman–Crippen MR) is 115 cm³/mol. The molecule has 0 unspecified atom stereocenters. The van der Waals surface area contributed by atoms with E-state index in [0.717, 1.165) is 16.4 Å². The molecule has 0 bridgehead atoms. The molecule has 8 nitrogen and oxygen atoms in total. The van der Waals surface area contributed by atoms with E-state index in [1.165, 1.54) is 37.4 Å². The topological polar surface area (TPSA) is 110 Å². The lowest BCUT2D eigenvalue weighted by Gasteiger charge is -2.20. The van der Waals surface area contributed by atoms with Crippen LogP contribution in [0.25, 0.3) is 0 Å². The first-order valence-electron chi connectivity index (χ1n) is 8.59. The normalized spacial score (nSPS) is 11.0. The summed E-state index contributed by atoms with van der Waals surface area (Å²) in [4.78, 5) is 22.7. The molecule has 0 spiro atoms. The zero-order valence-corrected chi connectivity index (χ0v) is 17.2. The molecule has 0 aliphatic heterocycles. The first-order valence-corrected chi connectivity index (χ1v) is 10.4. The maximum atomic E-state index is 12.9. The van der Waals surface area contributed by atoms with Crippen LogP contribution in [0.2, 0.25) is 5.02 Å². The van der Waals surface area contributed by atoms with Crippen molar-refractivity contribution in [3.05, 3.63) is 93.5 Å². The van der Waals surface area contributed by atoms with Crippen molar-refractivity contribution in [2.45, 2.75) is 4.90 Å². The lowest BCUT2D eigenvalue weighted by molar-refractivity contribution is -0.384. The third kappa shape index (κ3) is 4.42. The number of rotatable bonds is 6. The number of carbonyl (C=O) groups is 1. The van der Waals surface area contributed by atoms with Crippen LogP contribution in [-0.4, -0.2) is 26.3 Å². The van der Waals surface area contributed by atoms with Crippen molar-refractivity contribution in [2.75, 3.05) is 16.7 Å². The fourth-order valence-electron chi connectivity index (χ4n) is 2.67. The molecule has 1 N–H and O–H groups in total. The summed E-state index contributed by atoms with van der Waals surface area (Å²) in [6.07, 6.45) is 0. The number of benzene rings is 3. The van der Waals surface area contributed by atoms with Crippen LogP contribution in [0.15, 0.2) is 77.7 Å². The average molecular weight is 446 g/mol. The maximum Gasteiger partial charge on any atom is 0.270 e. The number of nitro benzene ring substituents is 1. The monoisotopic (exact) mass is 445 g/mol. The van der Waals surface area contributed by atoms with Gasteiger partial charge in [-0.2, -0.15) is 0 Å². The van der Waals surface area contributed by atoms with Crippen molar-refractivity contribution in [3.8, 4) is 0 Å². The van der Waals surface area contributed by atoms with E-state index in [0.29, 0.717) is 5.69 Å². The van der Waals surface area contributed by atoms with Gasteiger partial charge in [-0.3, -0.25) is 19.2 Å². The second kappa shape index (κ2) is 8.52. The Hall–Kier alpha value is -3.43. The number of amides is 1. The van der Waals surface area contributed by atoms with E-state index in [4.69, 9.17) is 11.6 Å². The van der Waals surface area contributed by atoms with Crippen LogP contribution in [0.5, 0.6) is 0 Å². The first-order chi connectivity index (χ1) is 14.2. The first kappa shape index (κ1) is 21.3. The SMILES string of the molecule is CN(c1ccccc1)S(=O)(=O)c1cccc(NC(=O)c2ccc([N+](=O)[O-])cc2Cl)c1. The highest BCUT2D eigenvalue weighted by molar-refractivity contribution is 7.92. The molecule has 0 radical (unpaired) electrons. The Labute approximate surface area is 177 Å². The van der Waals surface area contributed by atoms with Crippen molar-refractivity contribution in [1.82, 2.24) is 0 Å². The summed E-state index contributed by atoms with van der Waals surface area (Å²) in [5.74, 6) is -0.624. The van der Waals surface area contributed by atoms with E-state index < -0.39 is 20.9 Å². The third-order valence-electron chi connectivity index (χ3n) is 4.28. The van der Waals surface area contributed by atoms with Gasteiger partial charge >= 0.3 is 0 Å². The standard InChI is InChI=1S/C20H16ClN3O5S/c1-23(15-7-3-2-4-8-15)30(28,29)17-9-5-6-14(12-17)22-20(25)18-11-10-16(24(26)27)13-19(18)21/h2-13H,1H3,(H,22,25). The largest absolute Gasteiger partial charge is 0.322 e. The highest BCUT2D eigenvalue weighted by atomic mass is 35.5. The number of nitro groups is 1. The average Bonchev–Trinajstić information content (AvgIpc) is 2.73. The second-order valence-electron chi connectivity index (χ2n) is 6.21. The lowest BCUT2D eigenvalue weighted by atomic mass is 10.2. The minimum Gasteiger partial charge on any atom is -0.322 e. The number of hydrogen-bond acceptors (Lipinski definition) is 5. The van der Waals surface area contributed by atoms with Crippen molar-refractivity contribution in [1.29, 1.82) is 0 Å².